The molecule has 0 unspecified atom stereocenters. The third-order valence-corrected chi connectivity index (χ3v) is 7.36. The molecule has 0 aliphatic heterocycles. The van der Waals surface area contributed by atoms with Crippen molar-refractivity contribution in [3.63, 3.8) is 0 Å². The van der Waals surface area contributed by atoms with Crippen LogP contribution in [0.25, 0.3) is 21.3 Å². The zero-order valence-corrected chi connectivity index (χ0v) is 36.5. The third kappa shape index (κ3) is 76.2. The zero-order valence-electron chi connectivity index (χ0n) is 32.9. The standard InChI is InChI=1S/4C10H22N.Hf/c4*1-3-5-7-9-11-10-8-6-4-2;/h4*3-10H2,1-2H3;/q4*-1;+4. The van der Waals surface area contributed by atoms with E-state index < -0.39 is 0 Å². The van der Waals surface area contributed by atoms with Crippen molar-refractivity contribution in [2.75, 3.05) is 52.4 Å². The van der Waals surface area contributed by atoms with E-state index in [0.29, 0.717) is 0 Å². The molecule has 0 radical (unpaired) electrons. The first-order valence-corrected chi connectivity index (χ1v) is 20.2. The minimum atomic E-state index is 0. The first kappa shape index (κ1) is 55.1. The molecule has 5 heteroatoms. The quantitative estimate of drug-likeness (QED) is 0.0480. The van der Waals surface area contributed by atoms with Crippen molar-refractivity contribution in [2.45, 2.75) is 209 Å². The molecule has 0 amide bonds. The normalized spacial score (nSPS) is 10.1. The maximum Gasteiger partial charge on any atom is 4.00 e. The summed E-state index contributed by atoms with van der Waals surface area (Å²) < 4.78 is 0. The average Bonchev–Trinajstić information content (AvgIpc) is 3.04. The summed E-state index contributed by atoms with van der Waals surface area (Å²) in [5.74, 6) is 0. The first-order valence-electron chi connectivity index (χ1n) is 20.2. The van der Waals surface area contributed by atoms with E-state index in [-0.39, 0.29) is 25.8 Å². The fourth-order valence-corrected chi connectivity index (χ4v) is 4.24. The van der Waals surface area contributed by atoms with Crippen LogP contribution in [-0.4, -0.2) is 52.4 Å². The Morgan fingerprint density at radius 1 is 0.200 bits per heavy atom. The first-order chi connectivity index (χ1) is 21.7. The molecule has 0 atom stereocenters. The van der Waals surface area contributed by atoms with Crippen LogP contribution in [0.3, 0.4) is 0 Å². The van der Waals surface area contributed by atoms with Gasteiger partial charge >= 0.3 is 25.8 Å². The van der Waals surface area contributed by atoms with Crippen LogP contribution < -0.4 is 0 Å². The summed E-state index contributed by atoms with van der Waals surface area (Å²) in [6.07, 6.45) is 31.6. The topological polar surface area (TPSA) is 56.4 Å². The van der Waals surface area contributed by atoms with Gasteiger partial charge in [0.05, 0.1) is 0 Å². The molecule has 45 heavy (non-hydrogen) atoms. The number of unbranched alkanes of at least 4 members (excludes halogenated alkanes) is 16. The largest absolute Gasteiger partial charge is 4.00 e. The maximum absolute atomic E-state index is 4.45. The Morgan fingerprint density at radius 2 is 0.311 bits per heavy atom. The van der Waals surface area contributed by atoms with Gasteiger partial charge in [0, 0.05) is 0 Å². The van der Waals surface area contributed by atoms with Gasteiger partial charge in [-0.15, -0.1) is 52.4 Å². The van der Waals surface area contributed by atoms with Crippen LogP contribution >= 0.6 is 0 Å². The number of hydrogen-bond donors (Lipinski definition) is 0. The van der Waals surface area contributed by atoms with Crippen molar-refractivity contribution in [3.8, 4) is 0 Å². The molecule has 0 bridgehead atoms. The van der Waals surface area contributed by atoms with Crippen LogP contribution in [0.4, 0.5) is 0 Å². The number of rotatable bonds is 32. The molecule has 0 spiro atoms. The Labute approximate surface area is 307 Å². The minimum absolute atomic E-state index is 0. The van der Waals surface area contributed by atoms with Gasteiger partial charge in [-0.25, -0.2) is 0 Å². The monoisotopic (exact) mass is 805 g/mol. The van der Waals surface area contributed by atoms with Gasteiger partial charge in [0.2, 0.25) is 0 Å². The molecule has 0 aromatic rings. The molecule has 272 valence electrons. The van der Waals surface area contributed by atoms with Crippen molar-refractivity contribution in [3.05, 3.63) is 21.3 Å². The van der Waals surface area contributed by atoms with Crippen molar-refractivity contribution in [1.82, 2.24) is 0 Å². The fraction of sp³-hybridized carbons (Fsp3) is 1.00. The van der Waals surface area contributed by atoms with Crippen molar-refractivity contribution in [2.24, 2.45) is 0 Å². The Hall–Kier alpha value is 0.710. The fourth-order valence-electron chi connectivity index (χ4n) is 4.24. The molecule has 4 nitrogen and oxygen atoms in total. The molecule has 0 saturated heterocycles. The summed E-state index contributed by atoms with van der Waals surface area (Å²) in [7, 11) is 0. The van der Waals surface area contributed by atoms with Crippen LogP contribution in [0.2, 0.25) is 0 Å². The minimum Gasteiger partial charge on any atom is -0.662 e. The molecule has 0 aromatic heterocycles. The molecule has 0 aliphatic carbocycles. The molecule has 0 aromatic carbocycles. The van der Waals surface area contributed by atoms with Gasteiger partial charge in [-0.2, -0.15) is 0 Å². The van der Waals surface area contributed by atoms with E-state index in [1.54, 1.807) is 0 Å². The van der Waals surface area contributed by atoms with Crippen LogP contribution in [-0.2, 0) is 25.8 Å². The third-order valence-electron chi connectivity index (χ3n) is 7.36. The molecular formula is C40H88HfN4. The van der Waals surface area contributed by atoms with Gasteiger partial charge in [-0.05, 0) is 0 Å². The molecule has 0 aliphatic rings. The summed E-state index contributed by atoms with van der Waals surface area (Å²) >= 11 is 0. The second-order valence-corrected chi connectivity index (χ2v) is 12.3. The molecule has 0 fully saturated rings. The van der Waals surface area contributed by atoms with Crippen molar-refractivity contribution in [1.29, 1.82) is 0 Å². The van der Waals surface area contributed by atoms with Crippen LogP contribution in [0.5, 0.6) is 0 Å². The van der Waals surface area contributed by atoms with E-state index in [2.05, 4.69) is 76.7 Å². The molecule has 0 rings (SSSR count). The zero-order chi connectivity index (χ0) is 33.5. The second kappa shape index (κ2) is 63.4. The van der Waals surface area contributed by atoms with Crippen LogP contribution in [0.1, 0.15) is 209 Å². The number of nitrogens with zero attached hydrogens (tertiary/aromatic N) is 4. The van der Waals surface area contributed by atoms with Crippen LogP contribution in [0.15, 0.2) is 0 Å². The van der Waals surface area contributed by atoms with Crippen molar-refractivity contribution >= 4 is 0 Å². The van der Waals surface area contributed by atoms with E-state index in [0.717, 1.165) is 52.4 Å². The van der Waals surface area contributed by atoms with Gasteiger partial charge in [0.1, 0.15) is 0 Å². The van der Waals surface area contributed by atoms with Gasteiger partial charge in [0.25, 0.3) is 0 Å². The summed E-state index contributed by atoms with van der Waals surface area (Å²) in [5, 5.41) is 17.8. The van der Waals surface area contributed by atoms with E-state index in [4.69, 9.17) is 0 Å². The smallest absolute Gasteiger partial charge is 0.662 e. The average molecular weight is 804 g/mol. The SMILES string of the molecule is CCCCC[N-]CCCCC.CCCCC[N-]CCCCC.CCCCC[N-]CCCCC.CCCCC[N-]CCCCC.[Hf+4]. The second-order valence-electron chi connectivity index (χ2n) is 12.3. The molecule has 0 N–H and O–H groups in total. The Kier molecular flexibility index (Phi) is 77.7. The van der Waals surface area contributed by atoms with Crippen LogP contribution in [0, 0.1) is 0 Å². The summed E-state index contributed by atoms with van der Waals surface area (Å²) in [6.45, 7) is 26.6. The predicted molar refractivity (Wildman–Crippen MR) is 209 cm³/mol. The summed E-state index contributed by atoms with van der Waals surface area (Å²) in [6, 6.07) is 0. The van der Waals surface area contributed by atoms with E-state index >= 15 is 0 Å². The maximum atomic E-state index is 4.45. The Morgan fingerprint density at radius 3 is 0.400 bits per heavy atom. The van der Waals surface area contributed by atoms with Crippen molar-refractivity contribution < 1.29 is 25.8 Å². The predicted octanol–water partition coefficient (Wildman–Crippen LogP) is 15.0. The van der Waals surface area contributed by atoms with Gasteiger partial charge < -0.3 is 21.3 Å². The van der Waals surface area contributed by atoms with E-state index in [9.17, 15) is 0 Å². The Balaban J connectivity index is -0.000000157. The molecule has 0 saturated carbocycles. The van der Waals surface area contributed by atoms with E-state index in [1.165, 1.54) is 154 Å². The van der Waals surface area contributed by atoms with E-state index in [1.807, 2.05) is 0 Å². The number of hydrogen-bond acceptors (Lipinski definition) is 0. The van der Waals surface area contributed by atoms with Gasteiger partial charge in [-0.3, -0.25) is 0 Å². The summed E-state index contributed by atoms with van der Waals surface area (Å²) in [5.41, 5.74) is 0. The Bertz CT molecular complexity index is 294. The molecule has 0 heterocycles. The van der Waals surface area contributed by atoms with Gasteiger partial charge in [0.15, 0.2) is 0 Å². The molecular weight excluding hydrogens is 715 g/mol. The summed E-state index contributed by atoms with van der Waals surface area (Å²) in [4.78, 5) is 0. The van der Waals surface area contributed by atoms with Gasteiger partial charge in [-0.1, -0.05) is 209 Å².